The highest BCUT2D eigenvalue weighted by Crippen LogP contribution is 2.48. The zero-order valence-electron chi connectivity index (χ0n) is 12.2. The van der Waals surface area contributed by atoms with Crippen LogP contribution in [-0.2, 0) is 0 Å². The van der Waals surface area contributed by atoms with Crippen molar-refractivity contribution in [1.29, 1.82) is 0 Å². The van der Waals surface area contributed by atoms with Crippen LogP contribution in [0, 0.1) is 23.7 Å². The van der Waals surface area contributed by atoms with Crippen LogP contribution in [0.5, 0.6) is 0 Å². The standard InChI is InChI=1S/C17H30N2/c1-3-15(16-5-2-8-18-16)17(4-1)19-11-14-10-12-6-7-13(14)9-12/h12-19H,1-11H2. The van der Waals surface area contributed by atoms with Gasteiger partial charge in [0, 0.05) is 12.1 Å². The fourth-order valence-electron chi connectivity index (χ4n) is 5.73. The van der Waals surface area contributed by atoms with Crippen LogP contribution in [0.15, 0.2) is 0 Å². The summed E-state index contributed by atoms with van der Waals surface area (Å²) in [5.74, 6) is 4.15. The van der Waals surface area contributed by atoms with Crippen molar-refractivity contribution in [3.63, 3.8) is 0 Å². The first-order chi connectivity index (χ1) is 9.40. The van der Waals surface area contributed by atoms with E-state index >= 15 is 0 Å². The van der Waals surface area contributed by atoms with Gasteiger partial charge in [-0.3, -0.25) is 0 Å². The summed E-state index contributed by atoms with van der Waals surface area (Å²) in [4.78, 5) is 0. The summed E-state index contributed by atoms with van der Waals surface area (Å²) in [5.41, 5.74) is 0. The molecule has 19 heavy (non-hydrogen) atoms. The van der Waals surface area contributed by atoms with Crippen LogP contribution in [-0.4, -0.2) is 25.2 Å². The summed E-state index contributed by atoms with van der Waals surface area (Å²) in [6.45, 7) is 2.59. The smallest absolute Gasteiger partial charge is 0.0111 e. The third-order valence-electron chi connectivity index (χ3n) is 6.71. The lowest BCUT2D eigenvalue weighted by Gasteiger charge is -2.29. The van der Waals surface area contributed by atoms with Crippen LogP contribution in [0.1, 0.15) is 57.8 Å². The third-order valence-corrected chi connectivity index (χ3v) is 6.71. The molecule has 0 radical (unpaired) electrons. The molecule has 0 aromatic heterocycles. The molecule has 2 N–H and O–H groups in total. The maximum atomic E-state index is 4.00. The van der Waals surface area contributed by atoms with E-state index < -0.39 is 0 Å². The molecule has 108 valence electrons. The molecule has 4 fully saturated rings. The molecule has 2 bridgehead atoms. The van der Waals surface area contributed by atoms with Gasteiger partial charge in [-0.1, -0.05) is 12.8 Å². The van der Waals surface area contributed by atoms with E-state index in [4.69, 9.17) is 0 Å². The predicted octanol–water partition coefficient (Wildman–Crippen LogP) is 2.93. The number of fused-ring (bicyclic) bond motifs is 2. The highest BCUT2D eigenvalue weighted by atomic mass is 15.0. The maximum absolute atomic E-state index is 4.00. The first kappa shape index (κ1) is 12.6. The van der Waals surface area contributed by atoms with Gasteiger partial charge in [-0.05, 0) is 81.7 Å². The Kier molecular flexibility index (Phi) is 3.57. The summed E-state index contributed by atoms with van der Waals surface area (Å²) in [6.07, 6.45) is 13.4. The molecule has 2 heteroatoms. The number of hydrogen-bond donors (Lipinski definition) is 2. The van der Waals surface area contributed by atoms with E-state index in [1.165, 1.54) is 58.0 Å². The average molecular weight is 262 g/mol. The van der Waals surface area contributed by atoms with Crippen molar-refractivity contribution in [2.24, 2.45) is 23.7 Å². The number of hydrogen-bond acceptors (Lipinski definition) is 2. The van der Waals surface area contributed by atoms with Crippen molar-refractivity contribution in [2.75, 3.05) is 13.1 Å². The first-order valence-electron chi connectivity index (χ1n) is 8.87. The molecule has 2 nitrogen and oxygen atoms in total. The summed E-state index contributed by atoms with van der Waals surface area (Å²) in [5, 5.41) is 7.74. The van der Waals surface area contributed by atoms with Gasteiger partial charge in [-0.15, -0.1) is 0 Å². The van der Waals surface area contributed by atoms with E-state index in [0.717, 1.165) is 35.8 Å². The van der Waals surface area contributed by atoms with E-state index in [9.17, 15) is 0 Å². The summed E-state index contributed by atoms with van der Waals surface area (Å²) in [6, 6.07) is 1.66. The molecule has 0 amide bonds. The van der Waals surface area contributed by atoms with Crippen molar-refractivity contribution in [2.45, 2.75) is 69.9 Å². The van der Waals surface area contributed by atoms with Gasteiger partial charge in [0.25, 0.3) is 0 Å². The van der Waals surface area contributed by atoms with E-state index in [2.05, 4.69) is 10.6 Å². The van der Waals surface area contributed by atoms with Crippen LogP contribution < -0.4 is 10.6 Å². The lowest BCUT2D eigenvalue weighted by atomic mass is 9.87. The summed E-state index contributed by atoms with van der Waals surface area (Å²) >= 11 is 0. The summed E-state index contributed by atoms with van der Waals surface area (Å²) in [7, 11) is 0. The molecule has 3 saturated carbocycles. The first-order valence-corrected chi connectivity index (χ1v) is 8.87. The minimum atomic E-state index is 0.828. The molecule has 0 aromatic carbocycles. The van der Waals surface area contributed by atoms with Crippen molar-refractivity contribution in [1.82, 2.24) is 10.6 Å². The second kappa shape index (κ2) is 5.37. The Bertz CT molecular complexity index is 310. The van der Waals surface area contributed by atoms with Crippen molar-refractivity contribution in [3.8, 4) is 0 Å². The fourth-order valence-corrected chi connectivity index (χ4v) is 5.73. The molecule has 4 rings (SSSR count). The van der Waals surface area contributed by atoms with Gasteiger partial charge in [0.05, 0.1) is 0 Å². The third kappa shape index (κ3) is 2.47. The quantitative estimate of drug-likeness (QED) is 0.814. The molecule has 1 heterocycles. The molecule has 0 spiro atoms. The molecule has 4 aliphatic rings. The zero-order valence-corrected chi connectivity index (χ0v) is 12.2. The normalized spacial score (nSPS) is 49.3. The Morgan fingerprint density at radius 3 is 2.68 bits per heavy atom. The number of rotatable bonds is 4. The SMILES string of the molecule is C1CNC(C2CCCC2NCC2CC3CCC2C3)C1. The molecule has 6 unspecified atom stereocenters. The molecule has 1 saturated heterocycles. The van der Waals surface area contributed by atoms with Gasteiger partial charge in [-0.2, -0.15) is 0 Å². The van der Waals surface area contributed by atoms with Gasteiger partial charge < -0.3 is 10.6 Å². The Morgan fingerprint density at radius 2 is 1.95 bits per heavy atom. The molecule has 0 aromatic rings. The lowest BCUT2D eigenvalue weighted by molar-refractivity contribution is 0.269. The second-order valence-corrected chi connectivity index (χ2v) is 7.75. The van der Waals surface area contributed by atoms with E-state index in [-0.39, 0.29) is 0 Å². The fraction of sp³-hybridized carbons (Fsp3) is 1.00. The Morgan fingerprint density at radius 1 is 0.947 bits per heavy atom. The van der Waals surface area contributed by atoms with Crippen molar-refractivity contribution >= 4 is 0 Å². The molecule has 6 atom stereocenters. The van der Waals surface area contributed by atoms with E-state index in [1.807, 2.05) is 0 Å². The molecule has 1 aliphatic heterocycles. The second-order valence-electron chi connectivity index (χ2n) is 7.75. The van der Waals surface area contributed by atoms with Gasteiger partial charge >= 0.3 is 0 Å². The number of nitrogens with one attached hydrogen (secondary N) is 2. The highest BCUT2D eigenvalue weighted by Gasteiger charge is 2.40. The maximum Gasteiger partial charge on any atom is 0.0111 e. The van der Waals surface area contributed by atoms with Crippen LogP contribution >= 0.6 is 0 Å². The molecule has 3 aliphatic carbocycles. The van der Waals surface area contributed by atoms with Gasteiger partial charge in [0.2, 0.25) is 0 Å². The minimum Gasteiger partial charge on any atom is -0.314 e. The van der Waals surface area contributed by atoms with Crippen LogP contribution in [0.2, 0.25) is 0 Å². The largest absolute Gasteiger partial charge is 0.314 e. The Labute approximate surface area is 118 Å². The van der Waals surface area contributed by atoms with Crippen molar-refractivity contribution < 1.29 is 0 Å². The molecular formula is C17H30N2. The minimum absolute atomic E-state index is 0.828. The van der Waals surface area contributed by atoms with Crippen LogP contribution in [0.3, 0.4) is 0 Å². The van der Waals surface area contributed by atoms with Gasteiger partial charge in [0.15, 0.2) is 0 Å². The Hall–Kier alpha value is -0.0800. The molecular weight excluding hydrogens is 232 g/mol. The topological polar surface area (TPSA) is 24.1 Å². The van der Waals surface area contributed by atoms with Crippen LogP contribution in [0.25, 0.3) is 0 Å². The highest BCUT2D eigenvalue weighted by molar-refractivity contribution is 4.95. The van der Waals surface area contributed by atoms with E-state index in [0.29, 0.717) is 0 Å². The van der Waals surface area contributed by atoms with Gasteiger partial charge in [0.1, 0.15) is 0 Å². The van der Waals surface area contributed by atoms with Crippen LogP contribution in [0.4, 0.5) is 0 Å². The van der Waals surface area contributed by atoms with Gasteiger partial charge in [-0.25, -0.2) is 0 Å². The average Bonchev–Trinajstić information content (AvgIpc) is 3.18. The predicted molar refractivity (Wildman–Crippen MR) is 79.1 cm³/mol. The zero-order chi connectivity index (χ0) is 12.7. The Balaban J connectivity index is 1.29. The monoisotopic (exact) mass is 262 g/mol. The summed E-state index contributed by atoms with van der Waals surface area (Å²) < 4.78 is 0. The lowest BCUT2D eigenvalue weighted by Crippen LogP contribution is -2.44. The van der Waals surface area contributed by atoms with E-state index in [1.54, 1.807) is 12.8 Å². The van der Waals surface area contributed by atoms with Crippen molar-refractivity contribution in [3.05, 3.63) is 0 Å².